The normalized spacial score (nSPS) is 31.6. The molecule has 3 nitrogen and oxygen atoms in total. The highest BCUT2D eigenvalue weighted by molar-refractivity contribution is 5.38. The molecule has 0 amide bonds. The van der Waals surface area contributed by atoms with Crippen molar-refractivity contribution in [2.75, 3.05) is 20.1 Å². The fourth-order valence-electron chi connectivity index (χ4n) is 3.22. The number of likely N-dealkylation sites (tertiary alicyclic amines) is 1. The van der Waals surface area contributed by atoms with Gasteiger partial charge in [0.05, 0.1) is 6.10 Å². The van der Waals surface area contributed by atoms with E-state index in [1.54, 1.807) is 6.07 Å². The Morgan fingerprint density at radius 1 is 1.37 bits per heavy atom. The van der Waals surface area contributed by atoms with E-state index in [9.17, 15) is 9.50 Å². The van der Waals surface area contributed by atoms with Gasteiger partial charge in [0.25, 0.3) is 0 Å². The predicted molar refractivity (Wildman–Crippen MR) is 70.7 cm³/mol. The van der Waals surface area contributed by atoms with Crippen LogP contribution in [0.3, 0.4) is 0 Å². The lowest BCUT2D eigenvalue weighted by atomic mass is 9.83. The maximum Gasteiger partial charge on any atom is 0.126 e. The summed E-state index contributed by atoms with van der Waals surface area (Å²) in [5, 5.41) is 10.3. The number of fused-ring (bicyclic) bond motifs is 1. The lowest BCUT2D eigenvalue weighted by Gasteiger charge is -2.40. The third kappa shape index (κ3) is 2.47. The van der Waals surface area contributed by atoms with Crippen molar-refractivity contribution in [3.8, 4) is 5.75 Å². The van der Waals surface area contributed by atoms with Gasteiger partial charge >= 0.3 is 0 Å². The molecule has 2 atom stereocenters. The van der Waals surface area contributed by atoms with Crippen LogP contribution in [0.1, 0.15) is 37.4 Å². The van der Waals surface area contributed by atoms with Crippen LogP contribution in [-0.4, -0.2) is 35.7 Å². The van der Waals surface area contributed by atoms with Crippen molar-refractivity contribution in [1.29, 1.82) is 0 Å². The van der Waals surface area contributed by atoms with Crippen LogP contribution in [0.4, 0.5) is 4.39 Å². The van der Waals surface area contributed by atoms with Crippen LogP contribution in [0.2, 0.25) is 0 Å². The highest BCUT2D eigenvalue weighted by atomic mass is 19.1. The molecule has 1 spiro atoms. The van der Waals surface area contributed by atoms with E-state index in [2.05, 4.69) is 11.9 Å². The Balaban J connectivity index is 1.89. The molecule has 1 saturated heterocycles. The quantitative estimate of drug-likeness (QED) is 0.782. The van der Waals surface area contributed by atoms with E-state index in [4.69, 9.17) is 4.74 Å². The van der Waals surface area contributed by atoms with Crippen molar-refractivity contribution in [1.82, 2.24) is 4.90 Å². The topological polar surface area (TPSA) is 32.7 Å². The zero-order chi connectivity index (χ0) is 13.5. The Kier molecular flexibility index (Phi) is 3.23. The second-order valence-corrected chi connectivity index (χ2v) is 5.84. The second-order valence-electron chi connectivity index (χ2n) is 5.84. The first-order chi connectivity index (χ1) is 9.08. The number of aliphatic hydroxyl groups is 1. The van der Waals surface area contributed by atoms with Crippen LogP contribution in [0.25, 0.3) is 0 Å². The van der Waals surface area contributed by atoms with Gasteiger partial charge in [-0.1, -0.05) is 0 Å². The van der Waals surface area contributed by atoms with Crippen molar-refractivity contribution < 1.29 is 14.2 Å². The summed E-state index contributed by atoms with van der Waals surface area (Å²) in [6.07, 6.45) is 2.88. The molecule has 0 saturated carbocycles. The molecule has 1 aromatic rings. The van der Waals surface area contributed by atoms with E-state index in [1.165, 1.54) is 12.1 Å². The molecule has 1 unspecified atom stereocenters. The zero-order valence-corrected chi connectivity index (χ0v) is 11.2. The summed E-state index contributed by atoms with van der Waals surface area (Å²) in [5.41, 5.74) is 0.304. The third-order valence-corrected chi connectivity index (χ3v) is 4.34. The maximum atomic E-state index is 13.2. The fraction of sp³-hybridized carbons (Fsp3) is 0.600. The van der Waals surface area contributed by atoms with E-state index in [-0.39, 0.29) is 11.4 Å². The standard InChI is InChI=1S/C15H20FNO2/c1-17-7-2-5-15(6-8-17)10-13(18)12-9-11(16)3-4-14(12)19-15/h3-4,9,13,18H,2,5-8,10H2,1H3/t13-,15?/m1/s1. The average Bonchev–Trinajstić information content (AvgIpc) is 2.54. The molecule has 0 aliphatic carbocycles. The lowest BCUT2D eigenvalue weighted by Crippen LogP contribution is -2.41. The lowest BCUT2D eigenvalue weighted by molar-refractivity contribution is -0.0238. The molecule has 0 aromatic heterocycles. The first kappa shape index (κ1) is 12.9. The Labute approximate surface area is 113 Å². The SMILES string of the molecule is CN1CCCC2(CC1)C[C@@H](O)c1cc(F)ccc1O2. The van der Waals surface area contributed by atoms with Crippen LogP contribution in [0.5, 0.6) is 5.75 Å². The van der Waals surface area contributed by atoms with Gasteiger partial charge in [0, 0.05) is 18.5 Å². The summed E-state index contributed by atoms with van der Waals surface area (Å²) in [6.45, 7) is 2.04. The largest absolute Gasteiger partial charge is 0.487 e. The first-order valence-corrected chi connectivity index (χ1v) is 6.93. The number of hydrogen-bond donors (Lipinski definition) is 1. The molecule has 2 aliphatic heterocycles. The van der Waals surface area contributed by atoms with Crippen molar-refractivity contribution in [3.05, 3.63) is 29.6 Å². The van der Waals surface area contributed by atoms with Gasteiger partial charge in [-0.15, -0.1) is 0 Å². The molecule has 0 radical (unpaired) electrons. The summed E-state index contributed by atoms with van der Waals surface area (Å²) < 4.78 is 19.4. The number of nitrogens with zero attached hydrogens (tertiary/aromatic N) is 1. The van der Waals surface area contributed by atoms with Gasteiger partial charge < -0.3 is 14.7 Å². The smallest absolute Gasteiger partial charge is 0.126 e. The van der Waals surface area contributed by atoms with Crippen molar-refractivity contribution in [3.63, 3.8) is 0 Å². The van der Waals surface area contributed by atoms with Crippen LogP contribution >= 0.6 is 0 Å². The van der Waals surface area contributed by atoms with Crippen molar-refractivity contribution >= 4 is 0 Å². The van der Waals surface area contributed by atoms with Gasteiger partial charge in [-0.05, 0) is 51.1 Å². The Bertz CT molecular complexity index is 479. The van der Waals surface area contributed by atoms with E-state index >= 15 is 0 Å². The van der Waals surface area contributed by atoms with Gasteiger partial charge in [0.2, 0.25) is 0 Å². The third-order valence-electron chi connectivity index (χ3n) is 4.34. The minimum Gasteiger partial charge on any atom is -0.487 e. The molecule has 1 aromatic carbocycles. The minimum atomic E-state index is -0.622. The Morgan fingerprint density at radius 2 is 2.21 bits per heavy atom. The van der Waals surface area contributed by atoms with Gasteiger partial charge in [-0.2, -0.15) is 0 Å². The number of ether oxygens (including phenoxy) is 1. The molecule has 0 bridgehead atoms. The van der Waals surface area contributed by atoms with Gasteiger partial charge in [0.15, 0.2) is 0 Å². The summed E-state index contributed by atoms with van der Waals surface area (Å²) in [7, 11) is 2.11. The van der Waals surface area contributed by atoms with Gasteiger partial charge in [-0.3, -0.25) is 0 Å². The maximum absolute atomic E-state index is 13.2. The van der Waals surface area contributed by atoms with E-state index in [1.807, 2.05) is 0 Å². The van der Waals surface area contributed by atoms with Crippen molar-refractivity contribution in [2.24, 2.45) is 0 Å². The second kappa shape index (κ2) is 4.76. The molecule has 1 N–H and O–H groups in total. The number of rotatable bonds is 0. The Morgan fingerprint density at radius 3 is 3.05 bits per heavy atom. The molecule has 4 heteroatoms. The van der Waals surface area contributed by atoms with E-state index in [0.29, 0.717) is 17.7 Å². The highest BCUT2D eigenvalue weighted by Crippen LogP contribution is 2.44. The number of benzene rings is 1. The molecule has 2 aliphatic rings. The monoisotopic (exact) mass is 265 g/mol. The molecular formula is C15H20FNO2. The number of hydrogen-bond acceptors (Lipinski definition) is 3. The van der Waals surface area contributed by atoms with Gasteiger partial charge in [0.1, 0.15) is 17.2 Å². The van der Waals surface area contributed by atoms with Crippen molar-refractivity contribution in [2.45, 2.75) is 37.4 Å². The molecule has 19 heavy (non-hydrogen) atoms. The summed E-state index contributed by atoms with van der Waals surface area (Å²) in [6, 6.07) is 4.42. The minimum absolute atomic E-state index is 0.283. The molecule has 1 fully saturated rings. The zero-order valence-electron chi connectivity index (χ0n) is 11.2. The summed E-state index contributed by atoms with van der Waals surface area (Å²) in [5.74, 6) is 0.322. The summed E-state index contributed by atoms with van der Waals surface area (Å²) >= 11 is 0. The van der Waals surface area contributed by atoms with E-state index in [0.717, 1.165) is 32.4 Å². The van der Waals surface area contributed by atoms with E-state index < -0.39 is 6.10 Å². The molecule has 2 heterocycles. The molecule has 3 rings (SSSR count). The molecular weight excluding hydrogens is 245 g/mol. The molecule has 104 valence electrons. The summed E-state index contributed by atoms with van der Waals surface area (Å²) in [4.78, 5) is 2.30. The predicted octanol–water partition coefficient (Wildman–Crippen LogP) is 2.50. The number of halogens is 1. The number of aliphatic hydroxyl groups excluding tert-OH is 1. The van der Waals surface area contributed by atoms with Crippen LogP contribution in [0.15, 0.2) is 18.2 Å². The average molecular weight is 265 g/mol. The highest BCUT2D eigenvalue weighted by Gasteiger charge is 2.41. The van der Waals surface area contributed by atoms with Gasteiger partial charge in [-0.25, -0.2) is 4.39 Å². The van der Waals surface area contributed by atoms with Crippen LogP contribution in [0, 0.1) is 5.82 Å². The fourth-order valence-corrected chi connectivity index (χ4v) is 3.22. The van der Waals surface area contributed by atoms with Crippen LogP contribution < -0.4 is 4.74 Å². The first-order valence-electron chi connectivity index (χ1n) is 6.93. The van der Waals surface area contributed by atoms with Crippen LogP contribution in [-0.2, 0) is 0 Å². The Hall–Kier alpha value is -1.13.